The van der Waals surface area contributed by atoms with E-state index in [0.717, 1.165) is 51.1 Å². The van der Waals surface area contributed by atoms with Crippen LogP contribution in [0.4, 0.5) is 0 Å². The van der Waals surface area contributed by atoms with E-state index < -0.39 is 5.54 Å². The van der Waals surface area contributed by atoms with Crippen molar-refractivity contribution in [2.75, 3.05) is 26.8 Å². The van der Waals surface area contributed by atoms with Gasteiger partial charge in [-0.3, -0.25) is 4.79 Å². The van der Waals surface area contributed by atoms with E-state index in [4.69, 9.17) is 15.2 Å². The van der Waals surface area contributed by atoms with Gasteiger partial charge < -0.3 is 20.1 Å². The predicted molar refractivity (Wildman–Crippen MR) is 97.6 cm³/mol. The predicted octanol–water partition coefficient (Wildman–Crippen LogP) is 2.37. The zero-order valence-corrected chi connectivity index (χ0v) is 15.6. The van der Waals surface area contributed by atoms with E-state index >= 15 is 0 Å². The van der Waals surface area contributed by atoms with Gasteiger partial charge in [-0.15, -0.1) is 0 Å². The summed E-state index contributed by atoms with van der Waals surface area (Å²) < 4.78 is 11.3. The van der Waals surface area contributed by atoms with Crippen LogP contribution < -0.4 is 10.5 Å². The minimum Gasteiger partial charge on any atom is -0.497 e. The van der Waals surface area contributed by atoms with Crippen LogP contribution in [0.5, 0.6) is 5.75 Å². The van der Waals surface area contributed by atoms with Crippen LogP contribution in [0.25, 0.3) is 0 Å². The molecule has 0 unspecified atom stereocenters. The van der Waals surface area contributed by atoms with Crippen molar-refractivity contribution in [2.24, 2.45) is 11.1 Å². The normalized spacial score (nSPS) is 23.0. The maximum absolute atomic E-state index is 12.3. The molecule has 0 radical (unpaired) electrons. The molecule has 0 aromatic heterocycles. The molecule has 2 aliphatic heterocycles. The minimum atomic E-state index is -0.784. The molecule has 1 aromatic carbocycles. The fraction of sp³-hybridized carbons (Fsp3) is 0.650. The third-order valence-electron chi connectivity index (χ3n) is 5.57. The van der Waals surface area contributed by atoms with Gasteiger partial charge in [-0.1, -0.05) is 12.1 Å². The molecule has 1 aromatic rings. The Balaban J connectivity index is 1.53. The molecule has 3 rings (SSSR count). The number of piperidine rings is 1. The molecule has 1 amide bonds. The lowest BCUT2D eigenvalue weighted by molar-refractivity contribution is -0.138. The summed E-state index contributed by atoms with van der Waals surface area (Å²) in [6, 6.07) is 8.22. The Morgan fingerprint density at radius 3 is 2.52 bits per heavy atom. The molecule has 5 nitrogen and oxygen atoms in total. The van der Waals surface area contributed by atoms with Gasteiger partial charge in [0.25, 0.3) is 0 Å². The standard InChI is InChI=1S/C20H30N2O3/c1-19(2,21)18(23)22-10-8-20(9-11-22)13-17(25-14-20)12-15-4-6-16(24-3)7-5-15/h4-7,17H,8-14,21H2,1-3H3/t17-/m0/s1. The van der Waals surface area contributed by atoms with Crippen molar-refractivity contribution in [2.45, 2.75) is 51.2 Å². The average molecular weight is 346 g/mol. The highest BCUT2D eigenvalue weighted by Crippen LogP contribution is 2.43. The molecular weight excluding hydrogens is 316 g/mol. The van der Waals surface area contributed by atoms with Crippen LogP contribution in [0.1, 0.15) is 38.7 Å². The van der Waals surface area contributed by atoms with Crippen molar-refractivity contribution in [1.29, 1.82) is 0 Å². The number of amides is 1. The van der Waals surface area contributed by atoms with Crippen LogP contribution in [0, 0.1) is 5.41 Å². The van der Waals surface area contributed by atoms with E-state index in [1.165, 1.54) is 5.56 Å². The van der Waals surface area contributed by atoms with Gasteiger partial charge in [0.1, 0.15) is 5.75 Å². The molecule has 2 N–H and O–H groups in total. The second-order valence-electron chi connectivity index (χ2n) is 8.20. The first-order valence-electron chi connectivity index (χ1n) is 9.14. The first-order valence-corrected chi connectivity index (χ1v) is 9.14. The first kappa shape index (κ1) is 18.2. The number of rotatable bonds is 4. The van der Waals surface area contributed by atoms with Crippen molar-refractivity contribution >= 4 is 5.91 Å². The van der Waals surface area contributed by atoms with Crippen LogP contribution in [0.3, 0.4) is 0 Å². The number of carbonyl (C=O) groups is 1. The number of carbonyl (C=O) groups excluding carboxylic acids is 1. The summed E-state index contributed by atoms with van der Waals surface area (Å²) in [5.74, 6) is 0.934. The maximum Gasteiger partial charge on any atom is 0.242 e. The highest BCUT2D eigenvalue weighted by Gasteiger charge is 2.44. The smallest absolute Gasteiger partial charge is 0.242 e. The van der Waals surface area contributed by atoms with Gasteiger partial charge in [-0.2, -0.15) is 0 Å². The minimum absolute atomic E-state index is 0.0519. The summed E-state index contributed by atoms with van der Waals surface area (Å²) in [7, 11) is 1.68. The summed E-state index contributed by atoms with van der Waals surface area (Å²) in [5.41, 5.74) is 6.68. The Morgan fingerprint density at radius 1 is 1.32 bits per heavy atom. The molecule has 5 heteroatoms. The molecule has 138 valence electrons. The van der Waals surface area contributed by atoms with E-state index in [0.29, 0.717) is 0 Å². The third-order valence-corrected chi connectivity index (χ3v) is 5.57. The van der Waals surface area contributed by atoms with Crippen LogP contribution >= 0.6 is 0 Å². The topological polar surface area (TPSA) is 64.8 Å². The third kappa shape index (κ3) is 4.15. The molecule has 2 fully saturated rings. The van der Waals surface area contributed by atoms with Crippen molar-refractivity contribution in [3.8, 4) is 5.75 Å². The van der Waals surface area contributed by atoms with E-state index in [2.05, 4.69) is 12.1 Å². The number of methoxy groups -OCH3 is 1. The van der Waals surface area contributed by atoms with Gasteiger partial charge >= 0.3 is 0 Å². The number of hydrogen-bond donors (Lipinski definition) is 1. The Hall–Kier alpha value is -1.59. The van der Waals surface area contributed by atoms with Gasteiger partial charge in [0.2, 0.25) is 5.91 Å². The summed E-state index contributed by atoms with van der Waals surface area (Å²) in [6.07, 6.45) is 4.29. The van der Waals surface area contributed by atoms with Gasteiger partial charge in [0.15, 0.2) is 0 Å². The molecule has 2 saturated heterocycles. The Morgan fingerprint density at radius 2 is 1.96 bits per heavy atom. The fourth-order valence-corrected chi connectivity index (χ4v) is 3.99. The molecule has 0 bridgehead atoms. The zero-order chi connectivity index (χ0) is 18.1. The van der Waals surface area contributed by atoms with Crippen molar-refractivity contribution in [3.05, 3.63) is 29.8 Å². The molecule has 1 atom stereocenters. The van der Waals surface area contributed by atoms with Crippen LogP contribution in [0.2, 0.25) is 0 Å². The molecule has 1 spiro atoms. The van der Waals surface area contributed by atoms with Crippen LogP contribution in [-0.4, -0.2) is 49.3 Å². The first-order chi connectivity index (χ1) is 11.8. The monoisotopic (exact) mass is 346 g/mol. The number of nitrogens with zero attached hydrogens (tertiary/aromatic N) is 1. The lowest BCUT2D eigenvalue weighted by Gasteiger charge is -2.40. The van der Waals surface area contributed by atoms with Gasteiger partial charge in [-0.25, -0.2) is 0 Å². The molecular formula is C20H30N2O3. The second-order valence-corrected chi connectivity index (χ2v) is 8.20. The molecule has 25 heavy (non-hydrogen) atoms. The zero-order valence-electron chi connectivity index (χ0n) is 15.6. The highest BCUT2D eigenvalue weighted by atomic mass is 16.5. The van der Waals surface area contributed by atoms with Crippen molar-refractivity contribution in [1.82, 2.24) is 4.90 Å². The number of nitrogens with two attached hydrogens (primary N) is 1. The van der Waals surface area contributed by atoms with E-state index in [1.807, 2.05) is 17.0 Å². The largest absolute Gasteiger partial charge is 0.497 e. The van der Waals surface area contributed by atoms with Crippen LogP contribution in [0.15, 0.2) is 24.3 Å². The number of ether oxygens (including phenoxy) is 2. The second kappa shape index (κ2) is 6.96. The van der Waals surface area contributed by atoms with E-state index in [-0.39, 0.29) is 17.4 Å². The number of likely N-dealkylation sites (tertiary alicyclic amines) is 1. The van der Waals surface area contributed by atoms with Gasteiger partial charge in [-0.05, 0) is 62.6 Å². The quantitative estimate of drug-likeness (QED) is 0.909. The van der Waals surface area contributed by atoms with Gasteiger partial charge in [0, 0.05) is 13.1 Å². The highest BCUT2D eigenvalue weighted by molar-refractivity contribution is 5.85. The summed E-state index contributed by atoms with van der Waals surface area (Å²) >= 11 is 0. The molecule has 0 saturated carbocycles. The molecule has 2 heterocycles. The maximum atomic E-state index is 12.3. The summed E-state index contributed by atoms with van der Waals surface area (Å²) in [4.78, 5) is 14.3. The van der Waals surface area contributed by atoms with Crippen LogP contribution in [-0.2, 0) is 16.0 Å². The van der Waals surface area contributed by atoms with Crippen molar-refractivity contribution in [3.63, 3.8) is 0 Å². The summed E-state index contributed by atoms with van der Waals surface area (Å²) in [6.45, 7) is 5.95. The Labute approximate surface area is 150 Å². The summed E-state index contributed by atoms with van der Waals surface area (Å²) in [5, 5.41) is 0. The van der Waals surface area contributed by atoms with Crippen molar-refractivity contribution < 1.29 is 14.3 Å². The Bertz CT molecular complexity index is 598. The SMILES string of the molecule is COc1ccc(C[C@H]2CC3(CCN(C(=O)C(C)(C)N)CC3)CO2)cc1. The lowest BCUT2D eigenvalue weighted by atomic mass is 9.76. The van der Waals surface area contributed by atoms with E-state index in [9.17, 15) is 4.79 Å². The lowest BCUT2D eigenvalue weighted by Crippen LogP contribution is -2.54. The fourth-order valence-electron chi connectivity index (χ4n) is 3.99. The number of hydrogen-bond acceptors (Lipinski definition) is 4. The number of benzene rings is 1. The molecule has 0 aliphatic carbocycles. The molecule has 2 aliphatic rings. The Kier molecular flexibility index (Phi) is 5.07. The average Bonchev–Trinajstić information content (AvgIpc) is 2.97. The van der Waals surface area contributed by atoms with E-state index in [1.54, 1.807) is 21.0 Å². The van der Waals surface area contributed by atoms with Gasteiger partial charge in [0.05, 0.1) is 25.4 Å².